The summed E-state index contributed by atoms with van der Waals surface area (Å²) >= 11 is 0. The van der Waals surface area contributed by atoms with E-state index in [-0.39, 0.29) is 18.2 Å². The molecule has 0 aliphatic carbocycles. The highest BCUT2D eigenvalue weighted by atomic mass is 16.4. The Balaban J connectivity index is 0.000000400. The molecule has 0 aliphatic rings. The van der Waals surface area contributed by atoms with E-state index in [1.165, 1.54) is 12.5 Å². The standard InChI is InChI=1S/C10H12O2.C6H14N2O/c11-10(12)8-4-7-9-5-2-1-3-6-9;1-5(9)6(8)3-2-4-7/h1-3,5-6H,4,7-8H2,(H,11,12);6H,2-4,7-8H2,1H3/t;6-/m.0/s1. The Morgan fingerprint density at radius 1 is 1.24 bits per heavy atom. The molecule has 0 unspecified atom stereocenters. The normalized spacial score (nSPS) is 11.2. The Bertz CT molecular complexity index is 407. The van der Waals surface area contributed by atoms with E-state index in [0.29, 0.717) is 6.42 Å². The van der Waals surface area contributed by atoms with Crippen molar-refractivity contribution < 1.29 is 20.4 Å². The van der Waals surface area contributed by atoms with Gasteiger partial charge in [-0.1, -0.05) is 30.3 Å². The highest BCUT2D eigenvalue weighted by Gasteiger charge is 2.05. The average molecular weight is 294 g/mol. The lowest BCUT2D eigenvalue weighted by atomic mass is 10.1. The van der Waals surface area contributed by atoms with Crippen LogP contribution >= 0.6 is 0 Å². The van der Waals surface area contributed by atoms with E-state index in [2.05, 4.69) is 5.73 Å². The van der Waals surface area contributed by atoms with Crippen molar-refractivity contribution >= 4 is 11.8 Å². The summed E-state index contributed by atoms with van der Waals surface area (Å²) in [6.07, 6.45) is 3.34. The van der Waals surface area contributed by atoms with Crippen molar-refractivity contribution in [2.75, 3.05) is 6.54 Å². The summed E-state index contributed by atoms with van der Waals surface area (Å²) in [5, 5.41) is 10.1. The van der Waals surface area contributed by atoms with E-state index in [1.54, 1.807) is 0 Å². The molecule has 1 rings (SSSR count). The van der Waals surface area contributed by atoms with Crippen LogP contribution in [0.15, 0.2) is 30.3 Å². The molecule has 118 valence electrons. The lowest BCUT2D eigenvalue weighted by molar-refractivity contribution is -0.368. The number of carbonyl (C=O) groups excluding carboxylic acids is 2. The van der Waals surface area contributed by atoms with Crippen molar-refractivity contribution in [1.82, 2.24) is 0 Å². The van der Waals surface area contributed by atoms with Crippen LogP contribution < -0.4 is 16.6 Å². The van der Waals surface area contributed by atoms with Gasteiger partial charge in [-0.15, -0.1) is 0 Å². The van der Waals surface area contributed by atoms with Gasteiger partial charge in [0.2, 0.25) is 0 Å². The Kier molecular flexibility index (Phi) is 11.1. The van der Waals surface area contributed by atoms with Crippen LogP contribution in [-0.2, 0) is 16.0 Å². The number of hydrogen-bond donors (Lipinski definition) is 2. The Hall–Kier alpha value is -1.72. The number of carbonyl (C=O) groups is 2. The topological polar surface area (TPSA) is 111 Å². The molecule has 0 radical (unpaired) electrons. The number of hydrogen-bond acceptors (Lipinski definition) is 4. The van der Waals surface area contributed by atoms with Crippen LogP contribution in [-0.4, -0.2) is 24.3 Å². The van der Waals surface area contributed by atoms with Crippen molar-refractivity contribution in [2.45, 2.75) is 45.1 Å². The van der Waals surface area contributed by atoms with Gasteiger partial charge in [0.15, 0.2) is 0 Å². The molecule has 0 saturated heterocycles. The van der Waals surface area contributed by atoms with Crippen LogP contribution in [0.2, 0.25) is 0 Å². The van der Waals surface area contributed by atoms with Gasteiger partial charge in [-0.2, -0.15) is 0 Å². The Morgan fingerprint density at radius 2 is 1.86 bits per heavy atom. The van der Waals surface area contributed by atoms with E-state index in [0.717, 1.165) is 25.8 Å². The van der Waals surface area contributed by atoms with E-state index < -0.39 is 5.97 Å². The fourth-order valence-corrected chi connectivity index (χ4v) is 1.65. The maximum Gasteiger partial charge on any atom is 0.146 e. The molecule has 0 heterocycles. The van der Waals surface area contributed by atoms with Crippen LogP contribution in [0, 0.1) is 0 Å². The van der Waals surface area contributed by atoms with Crippen molar-refractivity contribution in [3.63, 3.8) is 0 Å². The first-order valence-electron chi connectivity index (χ1n) is 7.26. The largest absolute Gasteiger partial charge is 0.550 e. The summed E-state index contributed by atoms with van der Waals surface area (Å²) in [5.41, 5.74) is 10.3. The van der Waals surface area contributed by atoms with Crippen LogP contribution in [0.3, 0.4) is 0 Å². The third-order valence-corrected chi connectivity index (χ3v) is 2.98. The molecule has 0 saturated carbocycles. The summed E-state index contributed by atoms with van der Waals surface area (Å²) in [7, 11) is 0. The highest BCUT2D eigenvalue weighted by molar-refractivity contribution is 5.81. The van der Waals surface area contributed by atoms with Crippen molar-refractivity contribution in [3.8, 4) is 0 Å². The van der Waals surface area contributed by atoms with Gasteiger partial charge in [-0.3, -0.25) is 4.79 Å². The van der Waals surface area contributed by atoms with Gasteiger partial charge in [-0.25, -0.2) is 0 Å². The van der Waals surface area contributed by atoms with Gasteiger partial charge in [0.1, 0.15) is 5.78 Å². The summed E-state index contributed by atoms with van der Waals surface area (Å²) in [6.45, 7) is 2.38. The van der Waals surface area contributed by atoms with E-state index in [4.69, 9.17) is 5.73 Å². The van der Waals surface area contributed by atoms with Crippen LogP contribution in [0.4, 0.5) is 0 Å². The fourth-order valence-electron chi connectivity index (χ4n) is 1.65. The first kappa shape index (κ1) is 19.3. The summed E-state index contributed by atoms with van der Waals surface area (Å²) in [4.78, 5) is 20.6. The molecule has 0 amide bonds. The molecule has 0 spiro atoms. The molecule has 0 fully saturated rings. The quantitative estimate of drug-likeness (QED) is 0.684. The third kappa shape index (κ3) is 11.8. The molecule has 1 aromatic carbocycles. The average Bonchev–Trinajstić information content (AvgIpc) is 2.46. The number of ketones is 1. The molecule has 21 heavy (non-hydrogen) atoms. The van der Waals surface area contributed by atoms with E-state index in [9.17, 15) is 14.7 Å². The van der Waals surface area contributed by atoms with Crippen LogP contribution in [0.1, 0.15) is 38.2 Å². The van der Waals surface area contributed by atoms with Gasteiger partial charge in [0.25, 0.3) is 0 Å². The van der Waals surface area contributed by atoms with E-state index in [1.807, 2.05) is 30.3 Å². The Labute approximate surface area is 126 Å². The lowest BCUT2D eigenvalue weighted by Crippen LogP contribution is -2.50. The number of carboxylic acid groups (broad SMARTS) is 1. The summed E-state index contributed by atoms with van der Waals surface area (Å²) in [6, 6.07) is 9.59. The van der Waals surface area contributed by atoms with Crippen molar-refractivity contribution in [3.05, 3.63) is 35.9 Å². The minimum atomic E-state index is -0.967. The molecule has 5 N–H and O–H groups in total. The van der Waals surface area contributed by atoms with Gasteiger partial charge in [-0.05, 0) is 44.6 Å². The smallest absolute Gasteiger partial charge is 0.146 e. The minimum Gasteiger partial charge on any atom is -0.550 e. The second-order valence-corrected chi connectivity index (χ2v) is 4.92. The maximum absolute atomic E-state index is 10.5. The fraction of sp³-hybridized carbons (Fsp3) is 0.500. The summed E-state index contributed by atoms with van der Waals surface area (Å²) < 4.78 is 0. The van der Waals surface area contributed by atoms with E-state index >= 15 is 0 Å². The summed E-state index contributed by atoms with van der Waals surface area (Å²) in [5.74, 6) is -0.894. The van der Waals surface area contributed by atoms with Gasteiger partial charge in [0, 0.05) is 5.97 Å². The molecule has 0 aliphatic heterocycles. The molecular weight excluding hydrogens is 268 g/mol. The van der Waals surface area contributed by atoms with Crippen LogP contribution in [0.5, 0.6) is 0 Å². The first-order chi connectivity index (χ1) is 9.97. The number of aliphatic carboxylic acids is 1. The number of aryl methyl sites for hydroxylation is 1. The number of quaternary nitrogens is 1. The zero-order valence-electron chi connectivity index (χ0n) is 12.7. The number of nitrogens with two attached hydrogens (primary N) is 1. The van der Waals surface area contributed by atoms with Crippen molar-refractivity contribution in [2.24, 2.45) is 5.73 Å². The molecule has 1 aromatic rings. The molecule has 0 aromatic heterocycles. The Morgan fingerprint density at radius 3 is 2.33 bits per heavy atom. The van der Waals surface area contributed by atoms with Crippen LogP contribution in [0.25, 0.3) is 0 Å². The number of carboxylic acids is 1. The predicted octanol–water partition coefficient (Wildman–Crippen LogP) is -0.316. The zero-order valence-corrected chi connectivity index (χ0v) is 12.7. The molecule has 5 heteroatoms. The SMILES string of the molecule is CC(=O)[C@@H](N)CCC[NH3+].O=C([O-])CCCc1ccccc1. The lowest BCUT2D eigenvalue weighted by Gasteiger charge is -2.03. The first-order valence-corrected chi connectivity index (χ1v) is 7.26. The zero-order chi connectivity index (χ0) is 16.1. The maximum atomic E-state index is 10.5. The molecule has 0 bridgehead atoms. The van der Waals surface area contributed by atoms with Gasteiger partial charge < -0.3 is 21.4 Å². The minimum absolute atomic E-state index is 0.0726. The van der Waals surface area contributed by atoms with Gasteiger partial charge >= 0.3 is 0 Å². The second-order valence-electron chi connectivity index (χ2n) is 4.92. The third-order valence-electron chi connectivity index (χ3n) is 2.98. The number of rotatable bonds is 8. The molecule has 5 nitrogen and oxygen atoms in total. The van der Waals surface area contributed by atoms with Crippen molar-refractivity contribution in [1.29, 1.82) is 0 Å². The number of benzene rings is 1. The van der Waals surface area contributed by atoms with Gasteiger partial charge in [0.05, 0.1) is 12.6 Å². The second kappa shape index (κ2) is 12.1. The molecule has 1 atom stereocenters. The molecular formula is C16H26N2O3. The highest BCUT2D eigenvalue weighted by Crippen LogP contribution is 2.03. The number of Topliss-reactive ketones (excluding diaryl/α,β-unsaturated/α-hetero) is 1. The monoisotopic (exact) mass is 294 g/mol. The predicted molar refractivity (Wildman–Crippen MR) is 80.0 cm³/mol.